The van der Waals surface area contributed by atoms with Crippen LogP contribution in [-0.2, 0) is 11.2 Å². The second-order valence-electron chi connectivity index (χ2n) is 7.51. The molecule has 2 N–H and O–H groups in total. The van der Waals surface area contributed by atoms with E-state index in [1.165, 1.54) is 0 Å². The van der Waals surface area contributed by atoms with Gasteiger partial charge in [0.25, 0.3) is 5.56 Å². The van der Waals surface area contributed by atoms with Gasteiger partial charge in [-0.05, 0) is 31.4 Å². The molecule has 4 heterocycles. The van der Waals surface area contributed by atoms with E-state index in [0.29, 0.717) is 31.0 Å². The fraction of sp³-hybridized carbons (Fsp3) is 0.350. The molecule has 148 valence electrons. The topological polar surface area (TPSA) is 113 Å². The summed E-state index contributed by atoms with van der Waals surface area (Å²) < 4.78 is 1.74. The minimum Gasteiger partial charge on any atom is -0.361 e. The number of hydrogen-bond acceptors (Lipinski definition) is 5. The number of nitrogens with one attached hydrogen (secondary N) is 2. The molecule has 0 unspecified atom stereocenters. The standard InChI is InChI=1S/C20H21N7O2/c1-12-22-19-18(20(29)23-12)24-25-27(19)14-6-8-26(9-7-14)17(28)10-13-11-21-16-5-3-2-4-15(13)16/h2-5,11,14,21H,6-10H2,1H3,(H,22,23,29). The molecule has 1 aliphatic heterocycles. The molecule has 1 aliphatic rings. The number of fused-ring (bicyclic) bond motifs is 2. The molecule has 1 aromatic carbocycles. The van der Waals surface area contributed by atoms with Gasteiger partial charge < -0.3 is 14.9 Å². The zero-order valence-corrected chi connectivity index (χ0v) is 16.1. The van der Waals surface area contributed by atoms with Crippen molar-refractivity contribution in [2.24, 2.45) is 0 Å². The largest absolute Gasteiger partial charge is 0.361 e. The third kappa shape index (κ3) is 3.08. The molecule has 1 fully saturated rings. The van der Waals surface area contributed by atoms with Crippen molar-refractivity contribution in [2.45, 2.75) is 32.2 Å². The van der Waals surface area contributed by atoms with Crippen LogP contribution < -0.4 is 5.56 Å². The molecule has 4 aromatic rings. The maximum Gasteiger partial charge on any atom is 0.281 e. The minimum absolute atomic E-state index is 0.0749. The number of aryl methyl sites for hydroxylation is 1. The van der Waals surface area contributed by atoms with Crippen LogP contribution in [-0.4, -0.2) is 53.8 Å². The van der Waals surface area contributed by atoms with Gasteiger partial charge in [-0.25, -0.2) is 9.67 Å². The number of carbonyl (C=O) groups excluding carboxylic acids is 1. The van der Waals surface area contributed by atoms with Crippen molar-refractivity contribution in [3.8, 4) is 0 Å². The van der Waals surface area contributed by atoms with E-state index < -0.39 is 0 Å². The third-order valence-corrected chi connectivity index (χ3v) is 5.63. The van der Waals surface area contributed by atoms with E-state index in [-0.39, 0.29) is 23.0 Å². The number of rotatable bonds is 3. The predicted molar refractivity (Wildman–Crippen MR) is 108 cm³/mol. The van der Waals surface area contributed by atoms with Crippen LogP contribution in [0.3, 0.4) is 0 Å². The fourth-order valence-electron chi connectivity index (χ4n) is 4.11. The van der Waals surface area contributed by atoms with Crippen molar-refractivity contribution in [2.75, 3.05) is 13.1 Å². The quantitative estimate of drug-likeness (QED) is 0.552. The maximum atomic E-state index is 12.8. The Morgan fingerprint density at radius 2 is 2.03 bits per heavy atom. The van der Waals surface area contributed by atoms with Gasteiger partial charge >= 0.3 is 0 Å². The summed E-state index contributed by atoms with van der Waals surface area (Å²) in [5.41, 5.74) is 2.56. The third-order valence-electron chi connectivity index (χ3n) is 5.63. The van der Waals surface area contributed by atoms with Crippen molar-refractivity contribution < 1.29 is 4.79 Å². The molecule has 0 aliphatic carbocycles. The van der Waals surface area contributed by atoms with E-state index in [9.17, 15) is 9.59 Å². The first-order chi connectivity index (χ1) is 14.1. The summed E-state index contributed by atoms with van der Waals surface area (Å²) in [6.07, 6.45) is 3.82. The van der Waals surface area contributed by atoms with Crippen molar-refractivity contribution in [3.63, 3.8) is 0 Å². The van der Waals surface area contributed by atoms with Crippen molar-refractivity contribution in [1.29, 1.82) is 0 Å². The highest BCUT2D eigenvalue weighted by Crippen LogP contribution is 2.25. The Morgan fingerprint density at radius 1 is 1.24 bits per heavy atom. The fourth-order valence-corrected chi connectivity index (χ4v) is 4.11. The lowest BCUT2D eigenvalue weighted by Gasteiger charge is -2.32. The number of hydrogen-bond donors (Lipinski definition) is 2. The molecule has 3 aromatic heterocycles. The van der Waals surface area contributed by atoms with Gasteiger partial charge in [0, 0.05) is 30.2 Å². The monoisotopic (exact) mass is 391 g/mol. The predicted octanol–water partition coefficient (Wildman–Crippen LogP) is 1.71. The molecule has 5 rings (SSSR count). The van der Waals surface area contributed by atoms with Gasteiger partial charge in [-0.2, -0.15) is 0 Å². The average molecular weight is 391 g/mol. The van der Waals surface area contributed by atoms with E-state index in [4.69, 9.17) is 0 Å². The molecule has 9 nitrogen and oxygen atoms in total. The van der Waals surface area contributed by atoms with Crippen molar-refractivity contribution in [3.05, 3.63) is 52.2 Å². The van der Waals surface area contributed by atoms with Gasteiger partial charge in [-0.1, -0.05) is 23.4 Å². The summed E-state index contributed by atoms with van der Waals surface area (Å²) in [5, 5.41) is 9.25. The van der Waals surface area contributed by atoms with Crippen LogP contribution in [0.25, 0.3) is 22.1 Å². The van der Waals surface area contributed by atoms with Gasteiger partial charge in [0.15, 0.2) is 11.2 Å². The summed E-state index contributed by atoms with van der Waals surface area (Å²) in [7, 11) is 0. The van der Waals surface area contributed by atoms with Gasteiger partial charge in [-0.15, -0.1) is 5.10 Å². The number of carbonyl (C=O) groups is 1. The number of aromatic nitrogens is 6. The number of amides is 1. The van der Waals surface area contributed by atoms with Crippen LogP contribution in [0.15, 0.2) is 35.3 Å². The van der Waals surface area contributed by atoms with Crippen molar-refractivity contribution >= 4 is 28.0 Å². The molecule has 0 bridgehead atoms. The number of nitrogens with zero attached hydrogens (tertiary/aromatic N) is 5. The Labute approximate surface area is 165 Å². The Hall–Kier alpha value is -3.49. The summed E-state index contributed by atoms with van der Waals surface area (Å²) in [4.78, 5) is 37.0. The maximum absolute atomic E-state index is 12.8. The summed E-state index contributed by atoms with van der Waals surface area (Å²) >= 11 is 0. The second-order valence-corrected chi connectivity index (χ2v) is 7.51. The SMILES string of the molecule is Cc1nc2c(nnn2C2CCN(C(=O)Cc3c[nH]c4ccccc34)CC2)c(=O)[nH]1. The Balaban J connectivity index is 1.29. The lowest BCUT2D eigenvalue weighted by atomic mass is 10.0. The number of para-hydroxylation sites is 1. The second kappa shape index (κ2) is 6.84. The molecule has 0 radical (unpaired) electrons. The number of likely N-dealkylation sites (tertiary alicyclic amines) is 1. The zero-order valence-electron chi connectivity index (χ0n) is 16.1. The summed E-state index contributed by atoms with van der Waals surface area (Å²) in [6.45, 7) is 3.04. The Morgan fingerprint density at radius 3 is 2.86 bits per heavy atom. The molecule has 1 saturated heterocycles. The first-order valence-electron chi connectivity index (χ1n) is 9.75. The van der Waals surface area contributed by atoms with Gasteiger partial charge in [0.05, 0.1) is 12.5 Å². The van der Waals surface area contributed by atoms with Crippen LogP contribution in [0.5, 0.6) is 0 Å². The van der Waals surface area contributed by atoms with Crippen LogP contribution in [0.1, 0.15) is 30.3 Å². The lowest BCUT2D eigenvalue weighted by molar-refractivity contribution is -0.131. The van der Waals surface area contributed by atoms with E-state index in [0.717, 1.165) is 29.3 Å². The molecular weight excluding hydrogens is 370 g/mol. The van der Waals surface area contributed by atoms with E-state index >= 15 is 0 Å². The first kappa shape index (κ1) is 17.6. The highest BCUT2D eigenvalue weighted by molar-refractivity contribution is 5.88. The van der Waals surface area contributed by atoms with Gasteiger partial charge in [0.2, 0.25) is 5.91 Å². The van der Waals surface area contributed by atoms with Gasteiger partial charge in [0.1, 0.15) is 5.82 Å². The number of piperidine rings is 1. The Kier molecular flexibility index (Phi) is 4.15. The normalized spacial score (nSPS) is 15.4. The molecule has 0 saturated carbocycles. The van der Waals surface area contributed by atoms with Crippen LogP contribution in [0.2, 0.25) is 0 Å². The zero-order chi connectivity index (χ0) is 20.0. The molecule has 0 atom stereocenters. The summed E-state index contributed by atoms with van der Waals surface area (Å²) in [6, 6.07) is 8.09. The van der Waals surface area contributed by atoms with E-state index in [2.05, 4.69) is 25.3 Å². The summed E-state index contributed by atoms with van der Waals surface area (Å²) in [5.74, 6) is 0.666. The Bertz CT molecular complexity index is 1260. The van der Waals surface area contributed by atoms with Crippen LogP contribution in [0, 0.1) is 6.92 Å². The molecule has 1 amide bonds. The highest BCUT2D eigenvalue weighted by atomic mass is 16.2. The van der Waals surface area contributed by atoms with Crippen LogP contribution >= 0.6 is 0 Å². The van der Waals surface area contributed by atoms with Crippen LogP contribution in [0.4, 0.5) is 0 Å². The average Bonchev–Trinajstić information content (AvgIpc) is 3.33. The van der Waals surface area contributed by atoms with E-state index in [1.807, 2.05) is 35.4 Å². The lowest BCUT2D eigenvalue weighted by Crippen LogP contribution is -2.40. The molecule has 9 heteroatoms. The number of aromatic amines is 2. The number of benzene rings is 1. The number of H-pyrrole nitrogens is 2. The molecule has 0 spiro atoms. The smallest absolute Gasteiger partial charge is 0.281 e. The first-order valence-corrected chi connectivity index (χ1v) is 9.75. The molecular formula is C20H21N7O2. The van der Waals surface area contributed by atoms with Crippen molar-refractivity contribution in [1.82, 2.24) is 34.8 Å². The highest BCUT2D eigenvalue weighted by Gasteiger charge is 2.27. The van der Waals surface area contributed by atoms with Gasteiger partial charge in [-0.3, -0.25) is 9.59 Å². The molecule has 29 heavy (non-hydrogen) atoms. The van der Waals surface area contributed by atoms with E-state index in [1.54, 1.807) is 11.6 Å². The minimum atomic E-state index is -0.273.